The molecule has 1 atom stereocenters. The number of nitrogens with zero attached hydrogens (tertiary/aromatic N) is 7. The van der Waals surface area contributed by atoms with Gasteiger partial charge in [-0.2, -0.15) is 28.1 Å². The maximum absolute atomic E-state index is 14.0. The third-order valence-electron chi connectivity index (χ3n) is 8.76. The molecule has 4 aromatic rings. The van der Waals surface area contributed by atoms with Crippen molar-refractivity contribution in [1.82, 2.24) is 25.0 Å². The van der Waals surface area contributed by atoms with Gasteiger partial charge in [-0.25, -0.2) is 9.67 Å². The zero-order valence-corrected chi connectivity index (χ0v) is 24.3. The van der Waals surface area contributed by atoms with Crippen LogP contribution in [-0.4, -0.2) is 37.7 Å². The molecular weight excluding hydrogens is 574 g/mol. The molecule has 1 aromatic carbocycles. The molecule has 2 aliphatic carbocycles. The number of fused-ring (bicyclic) bond motifs is 1. The lowest BCUT2D eigenvalue weighted by atomic mass is 9.92. The maximum Gasteiger partial charge on any atom is 0.395 e. The first-order chi connectivity index (χ1) is 20.9. The van der Waals surface area contributed by atoms with Crippen LogP contribution < -0.4 is 10.6 Å². The van der Waals surface area contributed by atoms with Crippen LogP contribution in [-0.2, 0) is 5.54 Å². The van der Waals surface area contributed by atoms with Gasteiger partial charge in [-0.15, -0.1) is 5.10 Å². The fourth-order valence-corrected chi connectivity index (χ4v) is 5.68. The summed E-state index contributed by atoms with van der Waals surface area (Å²) in [6, 6.07) is 9.49. The molecule has 0 saturated heterocycles. The van der Waals surface area contributed by atoms with Crippen molar-refractivity contribution in [2.24, 2.45) is 11.3 Å². The van der Waals surface area contributed by atoms with E-state index in [1.807, 2.05) is 16.9 Å². The summed E-state index contributed by atoms with van der Waals surface area (Å²) in [6.45, 7) is 3.29. The van der Waals surface area contributed by atoms with Crippen LogP contribution >= 0.6 is 0 Å². The van der Waals surface area contributed by atoms with E-state index < -0.39 is 30.1 Å². The molecular formula is C31H29F4N9. The molecule has 0 radical (unpaired) electrons. The number of hydrogen-bond donors (Lipinski definition) is 2. The SMILES string of the molecule is Cc1nc(F)ccc1C(Nc1cc(C#N)c2ncc(C#N)c(NCC(C)(C)C(F)(F)F)c2c1)c1cn(C2(C3CC3)CC2)nn1. The van der Waals surface area contributed by atoms with Gasteiger partial charge in [-0.3, -0.25) is 4.98 Å². The number of benzene rings is 1. The summed E-state index contributed by atoms with van der Waals surface area (Å²) in [6.07, 6.45) is 3.00. The molecule has 0 spiro atoms. The van der Waals surface area contributed by atoms with Crippen LogP contribution in [0, 0.1) is 46.9 Å². The normalized spacial score (nSPS) is 16.7. The van der Waals surface area contributed by atoms with Crippen molar-refractivity contribution < 1.29 is 17.6 Å². The maximum atomic E-state index is 14.0. The number of nitriles is 2. The molecule has 226 valence electrons. The van der Waals surface area contributed by atoms with Gasteiger partial charge in [0.1, 0.15) is 17.8 Å². The first-order valence-corrected chi connectivity index (χ1v) is 14.3. The molecule has 2 fully saturated rings. The van der Waals surface area contributed by atoms with Crippen LogP contribution in [0.4, 0.5) is 28.9 Å². The third kappa shape index (κ3) is 5.17. The summed E-state index contributed by atoms with van der Waals surface area (Å²) < 4.78 is 56.9. The van der Waals surface area contributed by atoms with E-state index in [4.69, 9.17) is 0 Å². The molecule has 2 N–H and O–H groups in total. The van der Waals surface area contributed by atoms with Crippen LogP contribution in [0.5, 0.6) is 0 Å². The van der Waals surface area contributed by atoms with Crippen molar-refractivity contribution in [3.05, 3.63) is 70.7 Å². The van der Waals surface area contributed by atoms with Gasteiger partial charge in [0.05, 0.1) is 45.5 Å². The van der Waals surface area contributed by atoms with Crippen molar-refractivity contribution in [2.75, 3.05) is 17.2 Å². The van der Waals surface area contributed by atoms with Gasteiger partial charge >= 0.3 is 6.18 Å². The van der Waals surface area contributed by atoms with Gasteiger partial charge in [0.15, 0.2) is 0 Å². The molecule has 2 aliphatic rings. The number of rotatable bonds is 9. The Balaban J connectivity index is 1.44. The van der Waals surface area contributed by atoms with Crippen LogP contribution in [0.2, 0.25) is 0 Å². The Morgan fingerprint density at radius 1 is 1.11 bits per heavy atom. The Morgan fingerprint density at radius 2 is 1.84 bits per heavy atom. The predicted octanol–water partition coefficient (Wildman–Crippen LogP) is 6.51. The van der Waals surface area contributed by atoms with Crippen molar-refractivity contribution in [2.45, 2.75) is 64.2 Å². The van der Waals surface area contributed by atoms with Crippen molar-refractivity contribution >= 4 is 22.3 Å². The van der Waals surface area contributed by atoms with Crippen molar-refractivity contribution in [1.29, 1.82) is 10.5 Å². The fourth-order valence-electron chi connectivity index (χ4n) is 5.68. The first-order valence-electron chi connectivity index (χ1n) is 14.3. The number of nitrogens with one attached hydrogen (secondary N) is 2. The highest BCUT2D eigenvalue weighted by Gasteiger charge is 2.56. The Bertz CT molecular complexity index is 1840. The van der Waals surface area contributed by atoms with E-state index in [1.165, 1.54) is 12.3 Å². The molecule has 13 heteroatoms. The monoisotopic (exact) mass is 603 g/mol. The number of pyridine rings is 2. The van der Waals surface area contributed by atoms with Crippen LogP contribution in [0.15, 0.2) is 36.7 Å². The van der Waals surface area contributed by atoms with E-state index in [2.05, 4.69) is 37.0 Å². The summed E-state index contributed by atoms with van der Waals surface area (Å²) in [4.78, 5) is 8.28. The van der Waals surface area contributed by atoms with E-state index >= 15 is 0 Å². The lowest BCUT2D eigenvalue weighted by molar-refractivity contribution is -0.206. The molecule has 6 rings (SSSR count). The minimum atomic E-state index is -4.50. The quantitative estimate of drug-likeness (QED) is 0.164. The Morgan fingerprint density at radius 3 is 2.45 bits per heavy atom. The van der Waals surface area contributed by atoms with Gasteiger partial charge in [0.25, 0.3) is 0 Å². The third-order valence-corrected chi connectivity index (χ3v) is 8.76. The largest absolute Gasteiger partial charge is 0.395 e. The number of hydrogen-bond acceptors (Lipinski definition) is 8. The average Bonchev–Trinajstić information content (AvgIpc) is 3.91. The second-order valence-electron chi connectivity index (χ2n) is 12.3. The highest BCUT2D eigenvalue weighted by atomic mass is 19.4. The summed E-state index contributed by atoms with van der Waals surface area (Å²) in [5.74, 6) is -0.0594. The van der Waals surface area contributed by atoms with E-state index in [0.29, 0.717) is 33.9 Å². The lowest BCUT2D eigenvalue weighted by Gasteiger charge is -2.28. The van der Waals surface area contributed by atoms with E-state index in [0.717, 1.165) is 39.5 Å². The zero-order chi connectivity index (χ0) is 31.4. The summed E-state index contributed by atoms with van der Waals surface area (Å²) >= 11 is 0. The fraction of sp³-hybridized carbons (Fsp3) is 0.419. The minimum absolute atomic E-state index is 0.0209. The molecule has 2 saturated carbocycles. The van der Waals surface area contributed by atoms with Gasteiger partial charge in [-0.1, -0.05) is 11.3 Å². The topological polar surface area (TPSA) is 128 Å². The number of aromatic nitrogens is 5. The van der Waals surface area contributed by atoms with E-state index in [-0.39, 0.29) is 27.9 Å². The molecule has 0 aliphatic heterocycles. The Labute approximate surface area is 250 Å². The molecule has 0 amide bonds. The molecule has 9 nitrogen and oxygen atoms in total. The molecule has 1 unspecified atom stereocenters. The number of aryl methyl sites for hydroxylation is 1. The summed E-state index contributed by atoms with van der Waals surface area (Å²) in [5, 5.41) is 35.2. The Kier molecular flexibility index (Phi) is 6.95. The highest BCUT2D eigenvalue weighted by molar-refractivity contribution is 5.99. The van der Waals surface area contributed by atoms with Gasteiger partial charge in [-0.05, 0) is 70.6 Å². The minimum Gasteiger partial charge on any atom is -0.382 e. The van der Waals surface area contributed by atoms with Crippen molar-refractivity contribution in [3.63, 3.8) is 0 Å². The second-order valence-corrected chi connectivity index (χ2v) is 12.3. The standard InChI is InChI=1S/C31H29F4N9/c1-17-22(6-7-25(32)40-17)28(24-15-44(43-42-24)30(8-9-30)20-4-5-20)41-21-10-18(12-36)26-23(11-21)27(19(13-37)14-38-26)39-16-29(2,3)31(33,34)35/h6-7,10-11,14-15,20,28,41H,4-5,8-9,16H2,1-3H3,(H,38,39). The van der Waals surface area contributed by atoms with E-state index in [1.54, 1.807) is 25.1 Å². The molecule has 3 aromatic heterocycles. The number of halogens is 4. The van der Waals surface area contributed by atoms with E-state index in [9.17, 15) is 28.1 Å². The predicted molar refractivity (Wildman–Crippen MR) is 154 cm³/mol. The zero-order valence-electron chi connectivity index (χ0n) is 24.3. The van der Waals surface area contributed by atoms with Gasteiger partial charge in [0.2, 0.25) is 5.95 Å². The lowest BCUT2D eigenvalue weighted by Crippen LogP contribution is -2.38. The van der Waals surface area contributed by atoms with Crippen molar-refractivity contribution in [3.8, 4) is 12.1 Å². The smallest absolute Gasteiger partial charge is 0.382 e. The highest BCUT2D eigenvalue weighted by Crippen LogP contribution is 2.59. The molecule has 3 heterocycles. The van der Waals surface area contributed by atoms with Gasteiger partial charge < -0.3 is 10.6 Å². The molecule has 0 bridgehead atoms. The number of alkyl halides is 3. The van der Waals surface area contributed by atoms with Gasteiger partial charge in [0, 0.05) is 35.1 Å². The first kappa shape index (κ1) is 29.3. The number of anilines is 2. The van der Waals surface area contributed by atoms with Crippen LogP contribution in [0.25, 0.3) is 10.9 Å². The van der Waals surface area contributed by atoms with Crippen LogP contribution in [0.3, 0.4) is 0 Å². The average molecular weight is 604 g/mol. The second kappa shape index (κ2) is 10.4. The van der Waals surface area contributed by atoms with Crippen LogP contribution in [0.1, 0.15) is 73.7 Å². The molecule has 44 heavy (non-hydrogen) atoms. The summed E-state index contributed by atoms with van der Waals surface area (Å²) in [7, 11) is 0. The summed E-state index contributed by atoms with van der Waals surface area (Å²) in [5.41, 5.74) is 0.439. The Hall–Kier alpha value is -4.78.